The predicted molar refractivity (Wildman–Crippen MR) is 130 cm³/mol. The van der Waals surface area contributed by atoms with Crippen LogP contribution in [0, 0.1) is 6.92 Å². The molecule has 10 heteroatoms. The van der Waals surface area contributed by atoms with E-state index in [-0.39, 0.29) is 22.6 Å². The fourth-order valence-corrected chi connectivity index (χ4v) is 5.01. The van der Waals surface area contributed by atoms with E-state index in [9.17, 15) is 18.0 Å². The molecule has 2 aromatic carbocycles. The maximum absolute atomic E-state index is 12.8. The summed E-state index contributed by atoms with van der Waals surface area (Å²) in [5, 5.41) is 3.35. The molecule has 0 atom stereocenters. The van der Waals surface area contributed by atoms with Crippen LogP contribution >= 0.6 is 11.6 Å². The Morgan fingerprint density at radius 3 is 1.97 bits per heavy atom. The van der Waals surface area contributed by atoms with Crippen LogP contribution in [-0.4, -0.2) is 34.6 Å². The van der Waals surface area contributed by atoms with E-state index in [1.807, 2.05) is 6.92 Å². The Balaban J connectivity index is 2.12. The average Bonchev–Trinajstić information content (AvgIpc) is 2.82. The fraction of sp³-hybridized carbons (Fsp3) is 0.280. The first-order chi connectivity index (χ1) is 16.5. The van der Waals surface area contributed by atoms with E-state index in [1.165, 1.54) is 26.4 Å². The fourth-order valence-electron chi connectivity index (χ4n) is 3.95. The highest BCUT2D eigenvalue weighted by Crippen LogP contribution is 2.41. The van der Waals surface area contributed by atoms with Crippen LogP contribution in [0.3, 0.4) is 0 Å². The summed E-state index contributed by atoms with van der Waals surface area (Å²) in [5.41, 5.74) is 3.03. The van der Waals surface area contributed by atoms with E-state index in [0.29, 0.717) is 27.5 Å². The van der Waals surface area contributed by atoms with Gasteiger partial charge < -0.3 is 14.8 Å². The lowest BCUT2D eigenvalue weighted by molar-refractivity contribution is -0.137. The minimum absolute atomic E-state index is 0.0115. The number of dihydropyridines is 1. The van der Waals surface area contributed by atoms with Gasteiger partial charge in [-0.05, 0) is 56.2 Å². The lowest BCUT2D eigenvalue weighted by Gasteiger charge is -2.31. The topological polar surface area (TPSA) is 108 Å². The van der Waals surface area contributed by atoms with Crippen LogP contribution in [-0.2, 0) is 40.0 Å². The molecule has 0 bridgehead atoms. The number of halogens is 1. The first-order valence-electron chi connectivity index (χ1n) is 10.6. The monoisotopic (exact) mass is 519 g/mol. The molecule has 35 heavy (non-hydrogen) atoms. The number of aryl methyl sites for hydroxylation is 1. The Morgan fingerprint density at radius 2 is 1.46 bits per heavy atom. The molecule has 0 spiro atoms. The van der Waals surface area contributed by atoms with Crippen molar-refractivity contribution >= 4 is 33.7 Å². The SMILES string of the molecule is COC(=O)C1=C(C)NC(C)=C(C(=O)OC)C1c1cc(Cl)ccc1COS(=O)(=O)c1ccc(C)cc1. The number of nitrogens with one attached hydrogen (secondary N) is 1. The number of ether oxygens (including phenoxy) is 2. The standard InChI is InChI=1S/C25H26ClNO7S/c1-14-6-10-19(11-7-14)35(30,31)34-13-17-8-9-18(26)12-20(17)23-21(24(28)32-4)15(2)27-16(3)22(23)25(29)33-5/h6-12,23,27H,13H2,1-5H3. The first-order valence-corrected chi connectivity index (χ1v) is 12.4. The van der Waals surface area contributed by atoms with Gasteiger partial charge in [-0.25, -0.2) is 9.59 Å². The Hall–Kier alpha value is -3.14. The van der Waals surface area contributed by atoms with Gasteiger partial charge in [0.1, 0.15) is 0 Å². The molecule has 0 aromatic heterocycles. The molecule has 2 aromatic rings. The molecule has 0 radical (unpaired) electrons. The van der Waals surface area contributed by atoms with Gasteiger partial charge in [0, 0.05) is 16.4 Å². The number of methoxy groups -OCH3 is 2. The summed E-state index contributed by atoms with van der Waals surface area (Å²) < 4.78 is 40.9. The van der Waals surface area contributed by atoms with Crippen LogP contribution in [0.15, 0.2) is 69.9 Å². The number of hydrogen-bond acceptors (Lipinski definition) is 8. The van der Waals surface area contributed by atoms with Crippen molar-refractivity contribution in [3.63, 3.8) is 0 Å². The smallest absolute Gasteiger partial charge is 0.336 e. The van der Waals surface area contributed by atoms with Crippen LogP contribution < -0.4 is 5.32 Å². The second kappa shape index (κ2) is 10.6. The third-order valence-corrected chi connectivity index (χ3v) is 7.18. The number of carbonyl (C=O) groups excluding carboxylic acids is 2. The van der Waals surface area contributed by atoms with Crippen molar-refractivity contribution in [3.05, 3.63) is 86.7 Å². The van der Waals surface area contributed by atoms with Crippen molar-refractivity contribution in [2.24, 2.45) is 0 Å². The maximum Gasteiger partial charge on any atom is 0.336 e. The lowest BCUT2D eigenvalue weighted by Crippen LogP contribution is -2.32. The van der Waals surface area contributed by atoms with Crippen LogP contribution in [0.4, 0.5) is 0 Å². The van der Waals surface area contributed by atoms with Crippen LogP contribution in [0.5, 0.6) is 0 Å². The van der Waals surface area contributed by atoms with Crippen molar-refractivity contribution < 1.29 is 31.7 Å². The van der Waals surface area contributed by atoms with Gasteiger partial charge in [0.25, 0.3) is 10.1 Å². The third kappa shape index (κ3) is 5.58. The number of allylic oxidation sites excluding steroid dienone is 2. The molecular weight excluding hydrogens is 494 g/mol. The van der Waals surface area contributed by atoms with Crippen molar-refractivity contribution in [1.29, 1.82) is 0 Å². The van der Waals surface area contributed by atoms with Crippen molar-refractivity contribution in [2.45, 2.75) is 38.2 Å². The number of rotatable bonds is 7. The van der Waals surface area contributed by atoms with Gasteiger partial charge in [-0.3, -0.25) is 4.18 Å². The summed E-state index contributed by atoms with van der Waals surface area (Å²) in [6.45, 7) is 4.85. The van der Waals surface area contributed by atoms with Crippen LogP contribution in [0.1, 0.15) is 36.5 Å². The highest BCUT2D eigenvalue weighted by molar-refractivity contribution is 7.86. The molecule has 0 saturated carbocycles. The minimum Gasteiger partial charge on any atom is -0.466 e. The van der Waals surface area contributed by atoms with E-state index in [2.05, 4.69) is 5.32 Å². The quantitative estimate of drug-likeness (QED) is 0.429. The molecule has 1 N–H and O–H groups in total. The molecule has 186 valence electrons. The van der Waals surface area contributed by atoms with Gasteiger partial charge in [-0.1, -0.05) is 35.4 Å². The van der Waals surface area contributed by atoms with Gasteiger partial charge in [0.05, 0.1) is 42.8 Å². The van der Waals surface area contributed by atoms with E-state index < -0.39 is 28.0 Å². The van der Waals surface area contributed by atoms with Gasteiger partial charge >= 0.3 is 11.9 Å². The molecule has 0 unspecified atom stereocenters. The lowest BCUT2D eigenvalue weighted by atomic mass is 9.78. The van der Waals surface area contributed by atoms with Crippen molar-refractivity contribution in [2.75, 3.05) is 14.2 Å². The Labute approximate surface area is 209 Å². The molecule has 3 rings (SSSR count). The molecule has 1 heterocycles. The minimum atomic E-state index is -4.08. The first kappa shape index (κ1) is 26.5. The number of benzene rings is 2. The Morgan fingerprint density at radius 1 is 0.914 bits per heavy atom. The zero-order chi connectivity index (χ0) is 25.9. The van der Waals surface area contributed by atoms with Gasteiger partial charge in [0.15, 0.2) is 0 Å². The van der Waals surface area contributed by atoms with E-state index in [0.717, 1.165) is 5.56 Å². The van der Waals surface area contributed by atoms with E-state index in [1.54, 1.807) is 44.2 Å². The highest BCUT2D eigenvalue weighted by atomic mass is 35.5. The molecule has 0 fully saturated rings. The Bertz CT molecular complexity index is 1290. The largest absolute Gasteiger partial charge is 0.466 e. The van der Waals surface area contributed by atoms with Crippen LogP contribution in [0.25, 0.3) is 0 Å². The maximum atomic E-state index is 12.8. The second-order valence-electron chi connectivity index (χ2n) is 7.99. The summed E-state index contributed by atoms with van der Waals surface area (Å²) in [6.07, 6.45) is 0. The molecule has 1 aliphatic rings. The van der Waals surface area contributed by atoms with Crippen molar-refractivity contribution in [3.8, 4) is 0 Å². The third-order valence-electron chi connectivity index (χ3n) is 5.67. The molecule has 0 amide bonds. The molecule has 8 nitrogen and oxygen atoms in total. The number of esters is 2. The van der Waals surface area contributed by atoms with E-state index in [4.69, 9.17) is 25.3 Å². The highest BCUT2D eigenvalue weighted by Gasteiger charge is 2.39. The zero-order valence-electron chi connectivity index (χ0n) is 20.0. The van der Waals surface area contributed by atoms with Gasteiger partial charge in [-0.2, -0.15) is 8.42 Å². The summed E-state index contributed by atoms with van der Waals surface area (Å²) in [7, 11) is -1.61. The van der Waals surface area contributed by atoms with E-state index >= 15 is 0 Å². The van der Waals surface area contributed by atoms with Gasteiger partial charge in [0.2, 0.25) is 0 Å². The summed E-state index contributed by atoms with van der Waals surface area (Å²) in [5.74, 6) is -2.25. The number of carbonyl (C=O) groups is 2. The summed E-state index contributed by atoms with van der Waals surface area (Å²) in [6, 6.07) is 11.0. The van der Waals surface area contributed by atoms with Crippen LogP contribution in [0.2, 0.25) is 5.02 Å². The van der Waals surface area contributed by atoms with Gasteiger partial charge in [-0.15, -0.1) is 0 Å². The average molecular weight is 520 g/mol. The summed E-state index contributed by atoms with van der Waals surface area (Å²) in [4.78, 5) is 25.6. The molecular formula is C25H26ClNO7S. The Kier molecular flexibility index (Phi) is 8.04. The predicted octanol–water partition coefficient (Wildman–Crippen LogP) is 4.13. The second-order valence-corrected chi connectivity index (χ2v) is 10.0. The molecule has 0 saturated heterocycles. The molecule has 0 aliphatic carbocycles. The van der Waals surface area contributed by atoms with Crippen molar-refractivity contribution in [1.82, 2.24) is 5.32 Å². The zero-order valence-corrected chi connectivity index (χ0v) is 21.5. The normalized spacial score (nSPS) is 14.6. The number of hydrogen-bond donors (Lipinski definition) is 1. The molecule has 1 aliphatic heterocycles. The summed E-state index contributed by atoms with van der Waals surface area (Å²) >= 11 is 6.29.